The number of fused-ring (bicyclic) bond motifs is 3. The SMILES string of the molecule is CCOC(=O)C1CCc2sc3nc(CN(CC)c4ccc(F)cc4)cc(=O)n3c21. The Morgan fingerprint density at radius 1 is 1.34 bits per heavy atom. The Morgan fingerprint density at radius 2 is 2.10 bits per heavy atom. The molecule has 2 aromatic heterocycles. The Labute approximate surface area is 171 Å². The molecule has 0 N–H and O–H groups in total. The van der Waals surface area contributed by atoms with Crippen LogP contribution in [0, 0.1) is 5.82 Å². The molecule has 6 nitrogen and oxygen atoms in total. The normalized spacial score (nSPS) is 15.5. The van der Waals surface area contributed by atoms with E-state index in [-0.39, 0.29) is 17.3 Å². The molecule has 29 heavy (non-hydrogen) atoms. The van der Waals surface area contributed by atoms with Crippen LogP contribution in [-0.2, 0) is 22.5 Å². The smallest absolute Gasteiger partial charge is 0.315 e. The van der Waals surface area contributed by atoms with Gasteiger partial charge in [-0.1, -0.05) is 0 Å². The van der Waals surface area contributed by atoms with Crippen molar-refractivity contribution in [2.45, 2.75) is 39.2 Å². The second-order valence-corrected chi connectivity index (χ2v) is 8.01. The zero-order chi connectivity index (χ0) is 20.5. The summed E-state index contributed by atoms with van der Waals surface area (Å²) in [5.74, 6) is -0.974. The van der Waals surface area contributed by atoms with Crippen LogP contribution < -0.4 is 10.5 Å². The second-order valence-electron chi connectivity index (χ2n) is 6.95. The summed E-state index contributed by atoms with van der Waals surface area (Å²) in [6.07, 6.45) is 1.41. The lowest BCUT2D eigenvalue weighted by Crippen LogP contribution is -2.26. The summed E-state index contributed by atoms with van der Waals surface area (Å²) in [5, 5.41) is 0. The Kier molecular flexibility index (Phi) is 5.36. The number of halogens is 1. The molecular weight excluding hydrogens is 393 g/mol. The van der Waals surface area contributed by atoms with Crippen molar-refractivity contribution in [1.82, 2.24) is 9.38 Å². The minimum absolute atomic E-state index is 0.186. The molecule has 1 atom stereocenters. The average molecular weight is 415 g/mol. The summed E-state index contributed by atoms with van der Waals surface area (Å²) < 4.78 is 20.0. The quantitative estimate of drug-likeness (QED) is 0.577. The van der Waals surface area contributed by atoms with Crippen LogP contribution in [0.3, 0.4) is 0 Å². The first-order chi connectivity index (χ1) is 14.0. The highest BCUT2D eigenvalue weighted by Gasteiger charge is 2.35. The van der Waals surface area contributed by atoms with E-state index in [0.717, 1.165) is 22.7 Å². The number of anilines is 1. The van der Waals surface area contributed by atoms with Gasteiger partial charge in [0.15, 0.2) is 4.96 Å². The van der Waals surface area contributed by atoms with E-state index in [1.165, 1.54) is 29.5 Å². The van der Waals surface area contributed by atoms with Crippen molar-refractivity contribution in [2.75, 3.05) is 18.1 Å². The molecule has 1 aromatic carbocycles. The lowest BCUT2D eigenvalue weighted by molar-refractivity contribution is -0.145. The molecule has 0 amide bonds. The number of carbonyl (C=O) groups excluding carboxylic acids is 1. The van der Waals surface area contributed by atoms with E-state index in [4.69, 9.17) is 4.74 Å². The summed E-state index contributed by atoms with van der Waals surface area (Å²) in [7, 11) is 0. The summed E-state index contributed by atoms with van der Waals surface area (Å²) >= 11 is 1.46. The Bertz CT molecular complexity index is 1110. The molecular formula is C21H22FN3O3S. The van der Waals surface area contributed by atoms with Gasteiger partial charge in [0.2, 0.25) is 0 Å². The number of hydrogen-bond acceptors (Lipinski definition) is 6. The molecule has 0 aliphatic heterocycles. The standard InChI is InChI=1S/C21H22FN3O3S/c1-3-24(15-7-5-13(22)6-8-15)12-14-11-18(26)25-19-16(20(27)28-4-2)9-10-17(19)29-21(25)23-14/h5-8,11,16H,3-4,9-10,12H2,1-2H3. The molecule has 0 saturated heterocycles. The Hall–Kier alpha value is -2.74. The van der Waals surface area contributed by atoms with Gasteiger partial charge >= 0.3 is 5.97 Å². The number of rotatable bonds is 6. The maximum absolute atomic E-state index is 13.2. The number of carbonyl (C=O) groups is 1. The number of esters is 1. The molecule has 0 saturated carbocycles. The van der Waals surface area contributed by atoms with Crippen LogP contribution in [0.1, 0.15) is 42.5 Å². The number of aryl methyl sites for hydroxylation is 1. The zero-order valence-corrected chi connectivity index (χ0v) is 17.2. The highest BCUT2D eigenvalue weighted by molar-refractivity contribution is 7.17. The van der Waals surface area contributed by atoms with Crippen LogP contribution in [0.25, 0.3) is 4.96 Å². The van der Waals surface area contributed by atoms with Crippen molar-refractivity contribution in [3.8, 4) is 0 Å². The molecule has 152 valence electrons. The summed E-state index contributed by atoms with van der Waals surface area (Å²) in [6, 6.07) is 7.79. The van der Waals surface area contributed by atoms with Gasteiger partial charge < -0.3 is 9.64 Å². The first-order valence-corrected chi connectivity index (χ1v) is 10.5. The molecule has 3 aromatic rings. The van der Waals surface area contributed by atoms with Gasteiger partial charge in [-0.2, -0.15) is 0 Å². The third kappa shape index (κ3) is 3.64. The average Bonchev–Trinajstić information content (AvgIpc) is 3.26. The minimum atomic E-state index is -0.407. The number of benzene rings is 1. The van der Waals surface area contributed by atoms with Gasteiger partial charge in [0.05, 0.1) is 30.5 Å². The highest BCUT2D eigenvalue weighted by Crippen LogP contribution is 2.38. The molecule has 0 radical (unpaired) electrons. The van der Waals surface area contributed by atoms with E-state index in [1.54, 1.807) is 23.5 Å². The van der Waals surface area contributed by atoms with Crippen LogP contribution in [0.5, 0.6) is 0 Å². The van der Waals surface area contributed by atoms with E-state index in [1.807, 2.05) is 11.8 Å². The summed E-state index contributed by atoms with van der Waals surface area (Å²) in [4.78, 5) is 33.5. The first-order valence-electron chi connectivity index (χ1n) is 9.73. The van der Waals surface area contributed by atoms with Gasteiger partial charge in [-0.05, 0) is 51.0 Å². The largest absolute Gasteiger partial charge is 0.465 e. The van der Waals surface area contributed by atoms with Crippen molar-refractivity contribution in [3.63, 3.8) is 0 Å². The predicted molar refractivity (Wildman–Crippen MR) is 110 cm³/mol. The number of nitrogens with zero attached hydrogens (tertiary/aromatic N) is 3. The maximum atomic E-state index is 13.2. The van der Waals surface area contributed by atoms with Crippen molar-refractivity contribution in [2.24, 2.45) is 0 Å². The van der Waals surface area contributed by atoms with Gasteiger partial charge in [0.25, 0.3) is 5.56 Å². The van der Waals surface area contributed by atoms with Gasteiger partial charge in [0, 0.05) is 23.2 Å². The molecule has 1 unspecified atom stereocenters. The molecule has 1 aliphatic rings. The van der Waals surface area contributed by atoms with E-state index >= 15 is 0 Å². The van der Waals surface area contributed by atoms with Crippen molar-refractivity contribution < 1.29 is 13.9 Å². The first kappa shape index (κ1) is 19.6. The second kappa shape index (κ2) is 7.94. The third-order valence-electron chi connectivity index (χ3n) is 5.17. The summed E-state index contributed by atoms with van der Waals surface area (Å²) in [6.45, 7) is 5.23. The van der Waals surface area contributed by atoms with Crippen LogP contribution in [-0.4, -0.2) is 28.5 Å². The van der Waals surface area contributed by atoms with E-state index in [2.05, 4.69) is 4.98 Å². The van der Waals surface area contributed by atoms with Gasteiger partial charge in [-0.25, -0.2) is 9.37 Å². The van der Waals surface area contributed by atoms with Crippen LogP contribution >= 0.6 is 11.3 Å². The van der Waals surface area contributed by atoms with E-state index in [0.29, 0.717) is 36.8 Å². The minimum Gasteiger partial charge on any atom is -0.465 e. The highest BCUT2D eigenvalue weighted by atomic mass is 32.1. The summed E-state index contributed by atoms with van der Waals surface area (Å²) in [5.41, 5.74) is 2.06. The zero-order valence-electron chi connectivity index (χ0n) is 16.4. The molecule has 0 bridgehead atoms. The fraction of sp³-hybridized carbons (Fsp3) is 0.381. The number of aromatic nitrogens is 2. The van der Waals surface area contributed by atoms with Gasteiger partial charge in [-0.15, -0.1) is 11.3 Å². The Balaban J connectivity index is 1.68. The van der Waals surface area contributed by atoms with Crippen LogP contribution in [0.15, 0.2) is 35.1 Å². The van der Waals surface area contributed by atoms with Crippen molar-refractivity contribution >= 4 is 28.0 Å². The third-order valence-corrected chi connectivity index (χ3v) is 6.29. The van der Waals surface area contributed by atoms with Crippen LogP contribution in [0.4, 0.5) is 10.1 Å². The lowest BCUT2D eigenvalue weighted by atomic mass is 10.1. The van der Waals surface area contributed by atoms with Gasteiger partial charge in [0.1, 0.15) is 5.82 Å². The van der Waals surface area contributed by atoms with E-state index < -0.39 is 5.92 Å². The topological polar surface area (TPSA) is 63.9 Å². The molecule has 0 spiro atoms. The molecule has 8 heteroatoms. The number of ether oxygens (including phenoxy) is 1. The number of hydrogen-bond donors (Lipinski definition) is 0. The predicted octanol–water partition coefficient (Wildman–Crippen LogP) is 3.51. The van der Waals surface area contributed by atoms with Gasteiger partial charge in [-0.3, -0.25) is 14.0 Å². The number of thiazole rings is 1. The fourth-order valence-electron chi connectivity index (χ4n) is 3.81. The van der Waals surface area contributed by atoms with Crippen molar-refractivity contribution in [3.05, 3.63) is 62.8 Å². The molecule has 1 aliphatic carbocycles. The monoisotopic (exact) mass is 415 g/mol. The molecule has 0 fully saturated rings. The molecule has 2 heterocycles. The maximum Gasteiger partial charge on any atom is 0.315 e. The van der Waals surface area contributed by atoms with Crippen LogP contribution in [0.2, 0.25) is 0 Å². The van der Waals surface area contributed by atoms with E-state index in [9.17, 15) is 14.0 Å². The fourth-order valence-corrected chi connectivity index (χ4v) is 5.03. The molecule has 4 rings (SSSR count). The van der Waals surface area contributed by atoms with Crippen molar-refractivity contribution in [1.29, 1.82) is 0 Å². The lowest BCUT2D eigenvalue weighted by Gasteiger charge is -2.22. The Morgan fingerprint density at radius 3 is 2.79 bits per heavy atom.